The molecule has 0 aromatic carbocycles. The number of hydrogen-bond acceptors (Lipinski definition) is 1. The molecule has 2 atom stereocenters. The molecule has 0 radical (unpaired) electrons. The molecule has 0 heterocycles. The average molecular weight is 224 g/mol. The minimum Gasteiger partial charge on any atom is -0.392 e. The van der Waals surface area contributed by atoms with Crippen LogP contribution in [0.25, 0.3) is 0 Å². The molecule has 86 valence electrons. The van der Waals surface area contributed by atoms with Crippen LogP contribution in [0.2, 0.25) is 25.2 Å². The van der Waals surface area contributed by atoms with Crippen LogP contribution in [0.15, 0.2) is 0 Å². The summed E-state index contributed by atoms with van der Waals surface area (Å²) in [6.45, 7) is 9.03. The van der Waals surface area contributed by atoms with E-state index in [9.17, 15) is 5.11 Å². The average Bonchev–Trinajstić information content (AvgIpc) is 2.86. The van der Waals surface area contributed by atoms with Crippen molar-refractivity contribution in [1.82, 2.24) is 0 Å². The molecule has 0 saturated heterocycles. The molecule has 1 fully saturated rings. The third kappa shape index (κ3) is 4.40. The second kappa shape index (κ2) is 5.18. The molecule has 1 aliphatic rings. The first-order chi connectivity index (χ1) is 6.95. The molecule has 15 heavy (non-hydrogen) atoms. The van der Waals surface area contributed by atoms with Gasteiger partial charge >= 0.3 is 0 Å². The van der Waals surface area contributed by atoms with Crippen LogP contribution in [0, 0.1) is 17.8 Å². The Morgan fingerprint density at radius 2 is 1.93 bits per heavy atom. The number of hydrogen-bond donors (Lipinski definition) is 1. The Morgan fingerprint density at radius 1 is 1.33 bits per heavy atom. The van der Waals surface area contributed by atoms with E-state index in [-0.39, 0.29) is 11.6 Å². The maximum absolute atomic E-state index is 10.1. The highest BCUT2D eigenvalue weighted by Crippen LogP contribution is 2.31. The van der Waals surface area contributed by atoms with E-state index in [0.717, 1.165) is 12.8 Å². The van der Waals surface area contributed by atoms with Crippen LogP contribution < -0.4 is 0 Å². The van der Waals surface area contributed by atoms with E-state index in [0.29, 0.717) is 5.92 Å². The van der Waals surface area contributed by atoms with Crippen LogP contribution in [0.4, 0.5) is 0 Å². The largest absolute Gasteiger partial charge is 0.392 e. The van der Waals surface area contributed by atoms with Crippen LogP contribution in [-0.2, 0) is 0 Å². The first kappa shape index (κ1) is 12.8. The molecule has 1 saturated carbocycles. The minimum absolute atomic E-state index is 0.201. The standard InChI is InChI=1S/C13H24OSi/c1-5-6-12(14)13(15(2,3)4)10-9-11-7-8-11/h11-14H,5-8H2,1-4H3/t12-,13-/m0/s1. The van der Waals surface area contributed by atoms with E-state index in [1.165, 1.54) is 12.8 Å². The smallest absolute Gasteiger partial charge is 0.0652 e. The summed E-state index contributed by atoms with van der Waals surface area (Å²) in [7, 11) is -1.35. The van der Waals surface area contributed by atoms with Gasteiger partial charge in [-0.2, -0.15) is 0 Å². The Labute approximate surface area is 95.3 Å². The zero-order valence-electron chi connectivity index (χ0n) is 10.5. The molecule has 1 N–H and O–H groups in total. The first-order valence-electron chi connectivity index (χ1n) is 6.14. The zero-order chi connectivity index (χ0) is 11.5. The van der Waals surface area contributed by atoms with E-state index in [2.05, 4.69) is 38.4 Å². The Kier molecular flexibility index (Phi) is 4.42. The van der Waals surface area contributed by atoms with Gasteiger partial charge in [-0.25, -0.2) is 0 Å². The van der Waals surface area contributed by atoms with Crippen molar-refractivity contribution < 1.29 is 5.11 Å². The van der Waals surface area contributed by atoms with E-state index in [4.69, 9.17) is 0 Å². The van der Waals surface area contributed by atoms with Crippen molar-refractivity contribution in [3.63, 3.8) is 0 Å². The highest BCUT2D eigenvalue weighted by atomic mass is 28.3. The molecular weight excluding hydrogens is 200 g/mol. The fourth-order valence-electron chi connectivity index (χ4n) is 1.79. The maximum Gasteiger partial charge on any atom is 0.0652 e. The summed E-state index contributed by atoms with van der Waals surface area (Å²) < 4.78 is 0. The molecule has 0 amide bonds. The topological polar surface area (TPSA) is 20.2 Å². The predicted octanol–water partition coefficient (Wildman–Crippen LogP) is 3.27. The van der Waals surface area contributed by atoms with Crippen LogP contribution in [0.3, 0.4) is 0 Å². The van der Waals surface area contributed by atoms with E-state index in [1.54, 1.807) is 0 Å². The van der Waals surface area contributed by atoms with Gasteiger partial charge in [-0.3, -0.25) is 0 Å². The van der Waals surface area contributed by atoms with Crippen LogP contribution in [-0.4, -0.2) is 19.3 Å². The van der Waals surface area contributed by atoms with Gasteiger partial charge in [0.05, 0.1) is 14.2 Å². The van der Waals surface area contributed by atoms with Crippen molar-refractivity contribution in [2.24, 2.45) is 5.92 Å². The fraction of sp³-hybridized carbons (Fsp3) is 0.846. The number of aliphatic hydroxyl groups is 1. The van der Waals surface area contributed by atoms with Gasteiger partial charge < -0.3 is 5.11 Å². The summed E-state index contributed by atoms with van der Waals surface area (Å²) >= 11 is 0. The summed E-state index contributed by atoms with van der Waals surface area (Å²) in [6, 6.07) is 0. The summed E-state index contributed by atoms with van der Waals surface area (Å²) in [5.74, 6) is 7.35. The second-order valence-corrected chi connectivity index (χ2v) is 11.1. The van der Waals surface area contributed by atoms with Gasteiger partial charge in [0, 0.05) is 11.5 Å². The van der Waals surface area contributed by atoms with Crippen molar-refractivity contribution in [3.8, 4) is 11.8 Å². The predicted molar refractivity (Wildman–Crippen MR) is 68.5 cm³/mol. The lowest BCUT2D eigenvalue weighted by atomic mass is 10.1. The molecule has 1 rings (SSSR count). The molecule has 0 aliphatic heterocycles. The van der Waals surface area contributed by atoms with E-state index < -0.39 is 8.07 Å². The van der Waals surface area contributed by atoms with Crippen molar-refractivity contribution in [2.75, 3.05) is 0 Å². The second-order valence-electron chi connectivity index (χ2n) is 5.76. The molecule has 0 unspecified atom stereocenters. The molecule has 0 aromatic rings. The van der Waals surface area contributed by atoms with Crippen molar-refractivity contribution >= 4 is 8.07 Å². The number of aliphatic hydroxyl groups excluding tert-OH is 1. The molecule has 0 bridgehead atoms. The van der Waals surface area contributed by atoms with Crippen molar-refractivity contribution in [2.45, 2.75) is 63.9 Å². The van der Waals surface area contributed by atoms with Gasteiger partial charge in [0.2, 0.25) is 0 Å². The van der Waals surface area contributed by atoms with Gasteiger partial charge in [-0.1, -0.05) is 38.9 Å². The third-order valence-electron chi connectivity index (χ3n) is 2.92. The van der Waals surface area contributed by atoms with Crippen LogP contribution in [0.1, 0.15) is 32.6 Å². The molecule has 2 heteroatoms. The highest BCUT2D eigenvalue weighted by molar-refractivity contribution is 6.78. The Morgan fingerprint density at radius 3 is 2.33 bits per heavy atom. The van der Waals surface area contributed by atoms with Gasteiger partial charge in [0.25, 0.3) is 0 Å². The molecule has 1 nitrogen and oxygen atoms in total. The van der Waals surface area contributed by atoms with E-state index >= 15 is 0 Å². The van der Waals surface area contributed by atoms with Crippen LogP contribution in [0.5, 0.6) is 0 Å². The lowest BCUT2D eigenvalue weighted by molar-refractivity contribution is 0.167. The zero-order valence-corrected chi connectivity index (χ0v) is 11.5. The SMILES string of the molecule is CCC[C@H](O)[C@H](C#CC1CC1)[Si](C)(C)C. The molecule has 0 aromatic heterocycles. The van der Waals surface area contributed by atoms with Crippen molar-refractivity contribution in [3.05, 3.63) is 0 Å². The lowest BCUT2D eigenvalue weighted by Crippen LogP contribution is -2.35. The summed E-state index contributed by atoms with van der Waals surface area (Å²) in [5.41, 5.74) is 0.262. The number of rotatable bonds is 4. The van der Waals surface area contributed by atoms with Crippen molar-refractivity contribution in [1.29, 1.82) is 0 Å². The van der Waals surface area contributed by atoms with Gasteiger partial charge in [-0.05, 0) is 19.3 Å². The highest BCUT2D eigenvalue weighted by Gasteiger charge is 2.31. The first-order valence-corrected chi connectivity index (χ1v) is 9.72. The van der Waals surface area contributed by atoms with Gasteiger partial charge in [0.1, 0.15) is 0 Å². The van der Waals surface area contributed by atoms with Gasteiger partial charge in [0.15, 0.2) is 0 Å². The maximum atomic E-state index is 10.1. The van der Waals surface area contributed by atoms with E-state index in [1.807, 2.05) is 0 Å². The minimum atomic E-state index is -1.35. The third-order valence-corrected chi connectivity index (χ3v) is 5.32. The summed E-state index contributed by atoms with van der Waals surface area (Å²) in [4.78, 5) is 0. The monoisotopic (exact) mass is 224 g/mol. The van der Waals surface area contributed by atoms with Crippen LogP contribution >= 0.6 is 0 Å². The molecular formula is C13H24OSi. The Bertz CT molecular complexity index is 252. The fourth-order valence-corrected chi connectivity index (χ4v) is 3.62. The quantitative estimate of drug-likeness (QED) is 0.574. The summed E-state index contributed by atoms with van der Waals surface area (Å²) in [6.07, 6.45) is 4.29. The summed E-state index contributed by atoms with van der Waals surface area (Å²) in [5, 5.41) is 10.1. The Hall–Kier alpha value is -0.263. The normalized spacial score (nSPS) is 20.3. The molecule has 0 spiro atoms. The van der Waals surface area contributed by atoms with Gasteiger partial charge in [-0.15, -0.1) is 5.92 Å². The lowest BCUT2D eigenvalue weighted by Gasteiger charge is -2.28. The molecule has 1 aliphatic carbocycles. The Balaban J connectivity index is 2.64.